The quantitative estimate of drug-likeness (QED) is 0.433. The number of aromatic nitrogens is 1. The van der Waals surface area contributed by atoms with Gasteiger partial charge >= 0.3 is 6.09 Å². The van der Waals surface area contributed by atoms with Crippen molar-refractivity contribution in [1.82, 2.24) is 9.88 Å². The third-order valence-electron chi connectivity index (χ3n) is 5.43. The molecule has 1 aliphatic rings. The lowest BCUT2D eigenvalue weighted by Gasteiger charge is -2.37. The molecule has 0 saturated heterocycles. The van der Waals surface area contributed by atoms with Gasteiger partial charge in [0.2, 0.25) is 0 Å². The van der Waals surface area contributed by atoms with Crippen LogP contribution in [-0.2, 0) is 29.9 Å². The highest BCUT2D eigenvalue weighted by atomic mass is 32.2. The van der Waals surface area contributed by atoms with Gasteiger partial charge in [-0.2, -0.15) is 0 Å². The number of carbonyl (C=O) groups excluding carboxylic acids is 1. The van der Waals surface area contributed by atoms with Gasteiger partial charge in [0, 0.05) is 23.9 Å². The summed E-state index contributed by atoms with van der Waals surface area (Å²) in [6.45, 7) is 6.25. The van der Waals surface area contributed by atoms with Crippen LogP contribution in [0.3, 0.4) is 0 Å². The molecule has 0 aliphatic carbocycles. The Hall–Kier alpha value is -2.79. The van der Waals surface area contributed by atoms with Crippen molar-refractivity contribution >= 4 is 17.9 Å². The molecular formula is C27H30N2O2S. The van der Waals surface area contributed by atoms with Gasteiger partial charge in [-0.05, 0) is 49.9 Å². The number of thioether (sulfide) groups is 1. The molecule has 32 heavy (non-hydrogen) atoms. The number of nitrogens with zero attached hydrogens (tertiary/aromatic N) is 2. The minimum atomic E-state index is -0.523. The van der Waals surface area contributed by atoms with Crippen LogP contribution in [0.15, 0.2) is 77.8 Å². The van der Waals surface area contributed by atoms with Gasteiger partial charge in [0.25, 0.3) is 0 Å². The average molecular weight is 447 g/mol. The van der Waals surface area contributed by atoms with E-state index in [0.29, 0.717) is 6.54 Å². The summed E-state index contributed by atoms with van der Waals surface area (Å²) in [5.41, 5.74) is 4.16. The van der Waals surface area contributed by atoms with Gasteiger partial charge in [-0.25, -0.2) is 9.78 Å². The van der Waals surface area contributed by atoms with Crippen LogP contribution < -0.4 is 0 Å². The second kappa shape index (κ2) is 9.78. The first-order chi connectivity index (χ1) is 15.4. The second-order valence-electron chi connectivity index (χ2n) is 9.19. The number of carbonyl (C=O) groups is 1. The number of hydrogen-bond donors (Lipinski definition) is 0. The van der Waals surface area contributed by atoms with E-state index in [1.165, 1.54) is 11.1 Å². The van der Waals surface area contributed by atoms with Crippen LogP contribution in [0.4, 0.5) is 4.79 Å². The van der Waals surface area contributed by atoms with Crippen molar-refractivity contribution in [3.63, 3.8) is 0 Å². The molecule has 0 bridgehead atoms. The summed E-state index contributed by atoms with van der Waals surface area (Å²) in [5.74, 6) is 0.893. The van der Waals surface area contributed by atoms with Crippen LogP contribution in [0.25, 0.3) is 0 Å². The van der Waals surface area contributed by atoms with Crippen LogP contribution in [0.1, 0.15) is 43.2 Å². The van der Waals surface area contributed by atoms with Crippen molar-refractivity contribution in [2.75, 3.05) is 0 Å². The van der Waals surface area contributed by atoms with Crippen molar-refractivity contribution in [1.29, 1.82) is 0 Å². The second-order valence-corrected chi connectivity index (χ2v) is 10.2. The van der Waals surface area contributed by atoms with Crippen molar-refractivity contribution in [3.05, 3.63) is 95.2 Å². The van der Waals surface area contributed by atoms with Gasteiger partial charge in [0.05, 0.1) is 11.6 Å². The number of hydrogen-bond acceptors (Lipinski definition) is 4. The van der Waals surface area contributed by atoms with Crippen LogP contribution in [-0.4, -0.2) is 27.6 Å². The van der Waals surface area contributed by atoms with Crippen molar-refractivity contribution in [2.24, 2.45) is 0 Å². The Labute approximate surface area is 195 Å². The maximum absolute atomic E-state index is 13.0. The molecule has 0 fully saturated rings. The molecule has 3 aromatic rings. The van der Waals surface area contributed by atoms with E-state index in [0.717, 1.165) is 34.9 Å². The first kappa shape index (κ1) is 22.4. The molecule has 0 spiro atoms. The average Bonchev–Trinajstić information content (AvgIpc) is 2.77. The lowest BCUT2D eigenvalue weighted by molar-refractivity contribution is 0.0117. The fourth-order valence-electron chi connectivity index (χ4n) is 3.89. The van der Waals surface area contributed by atoms with E-state index in [2.05, 4.69) is 48.5 Å². The van der Waals surface area contributed by atoms with Gasteiger partial charge in [0.1, 0.15) is 5.60 Å². The van der Waals surface area contributed by atoms with E-state index in [1.807, 2.05) is 49.9 Å². The summed E-state index contributed by atoms with van der Waals surface area (Å²) in [7, 11) is 0. The number of ether oxygens (including phenoxy) is 1. The lowest BCUT2D eigenvalue weighted by atomic mass is 9.94. The Kier molecular flexibility index (Phi) is 6.85. The van der Waals surface area contributed by atoms with Crippen molar-refractivity contribution < 1.29 is 9.53 Å². The van der Waals surface area contributed by atoms with E-state index in [4.69, 9.17) is 9.72 Å². The van der Waals surface area contributed by atoms with E-state index in [9.17, 15) is 4.79 Å². The molecular weight excluding hydrogens is 416 g/mol. The highest BCUT2D eigenvalue weighted by molar-refractivity contribution is 7.98. The number of amides is 1. The van der Waals surface area contributed by atoms with Gasteiger partial charge in [-0.3, -0.25) is 0 Å². The number of pyridine rings is 1. The van der Waals surface area contributed by atoms with Gasteiger partial charge < -0.3 is 9.64 Å². The van der Waals surface area contributed by atoms with E-state index < -0.39 is 5.60 Å². The monoisotopic (exact) mass is 446 g/mol. The minimum Gasteiger partial charge on any atom is -0.444 e. The summed E-state index contributed by atoms with van der Waals surface area (Å²) in [6.07, 6.45) is 1.25. The zero-order chi connectivity index (χ0) is 22.6. The molecule has 0 radical (unpaired) electrons. The first-order valence-electron chi connectivity index (χ1n) is 11.1. The molecule has 1 unspecified atom stereocenters. The first-order valence-corrected chi connectivity index (χ1v) is 12.0. The van der Waals surface area contributed by atoms with Crippen LogP contribution >= 0.6 is 11.8 Å². The number of benzene rings is 2. The molecule has 1 amide bonds. The number of rotatable bonds is 5. The smallest absolute Gasteiger partial charge is 0.410 e. The zero-order valence-corrected chi connectivity index (χ0v) is 19.8. The molecule has 0 N–H and O–H groups in total. The third-order valence-corrected chi connectivity index (χ3v) is 6.43. The summed E-state index contributed by atoms with van der Waals surface area (Å²) >= 11 is 1.75. The van der Waals surface area contributed by atoms with Gasteiger partial charge in [0.15, 0.2) is 0 Å². The molecule has 4 rings (SSSR count). The van der Waals surface area contributed by atoms with Gasteiger partial charge in [-0.15, -0.1) is 11.8 Å². The lowest BCUT2D eigenvalue weighted by Crippen LogP contribution is -2.47. The van der Waals surface area contributed by atoms with E-state index in [1.54, 1.807) is 11.8 Å². The Balaban J connectivity index is 1.54. The third kappa shape index (κ3) is 5.92. The Morgan fingerprint density at radius 3 is 2.31 bits per heavy atom. The Morgan fingerprint density at radius 1 is 1.00 bits per heavy atom. The molecule has 1 aliphatic heterocycles. The van der Waals surface area contributed by atoms with Crippen LogP contribution in [0.2, 0.25) is 0 Å². The summed E-state index contributed by atoms with van der Waals surface area (Å²) in [5, 5.41) is 1.02. The molecule has 5 heteroatoms. The SMILES string of the molecule is CC(C)(C)OC(=O)N1Cc2ccc(SCc3ccccc3)nc2CC1Cc1ccccc1. The highest BCUT2D eigenvalue weighted by Crippen LogP contribution is 2.29. The topological polar surface area (TPSA) is 42.4 Å². The van der Waals surface area contributed by atoms with Crippen LogP contribution in [0.5, 0.6) is 0 Å². The minimum absolute atomic E-state index is 0.0154. The molecule has 0 saturated carbocycles. The van der Waals surface area contributed by atoms with Gasteiger partial charge in [-0.1, -0.05) is 66.7 Å². The fraction of sp³-hybridized carbons (Fsp3) is 0.333. The van der Waals surface area contributed by atoms with Crippen LogP contribution in [0, 0.1) is 0 Å². The molecule has 1 atom stereocenters. The zero-order valence-electron chi connectivity index (χ0n) is 19.0. The number of fused-ring (bicyclic) bond motifs is 1. The molecule has 2 aromatic carbocycles. The fourth-order valence-corrected chi connectivity index (χ4v) is 4.74. The largest absolute Gasteiger partial charge is 0.444 e. The Morgan fingerprint density at radius 2 is 1.66 bits per heavy atom. The molecule has 1 aromatic heterocycles. The van der Waals surface area contributed by atoms with E-state index >= 15 is 0 Å². The maximum atomic E-state index is 13.0. The predicted molar refractivity (Wildman–Crippen MR) is 130 cm³/mol. The van der Waals surface area contributed by atoms with E-state index in [-0.39, 0.29) is 12.1 Å². The standard InChI is InChI=1S/C27H30N2O2S/c1-27(2,3)31-26(30)29-18-22-14-15-25(32-19-21-12-8-5-9-13-21)28-24(22)17-23(29)16-20-10-6-4-7-11-20/h4-15,23H,16-19H2,1-3H3. The van der Waals surface area contributed by atoms with Crippen molar-refractivity contribution in [3.8, 4) is 0 Å². The maximum Gasteiger partial charge on any atom is 0.410 e. The van der Waals surface area contributed by atoms with Crippen molar-refractivity contribution in [2.45, 2.75) is 62.6 Å². The normalized spacial score (nSPS) is 15.8. The molecule has 166 valence electrons. The molecule has 4 nitrogen and oxygen atoms in total. The summed E-state index contributed by atoms with van der Waals surface area (Å²) < 4.78 is 5.73. The Bertz CT molecular complexity index is 1050. The highest BCUT2D eigenvalue weighted by Gasteiger charge is 2.33. The summed E-state index contributed by atoms with van der Waals surface area (Å²) in [6, 6.07) is 25.0. The molecule has 2 heterocycles. The summed E-state index contributed by atoms with van der Waals surface area (Å²) in [4.78, 5) is 19.9. The predicted octanol–water partition coefficient (Wildman–Crippen LogP) is 6.28.